The fraction of sp³-hybridized carbons (Fsp3) is 0.538. The zero-order valence-electron chi connectivity index (χ0n) is 11.2. The summed E-state index contributed by atoms with van der Waals surface area (Å²) < 4.78 is 23.2. The van der Waals surface area contributed by atoms with Gasteiger partial charge in [0.05, 0.1) is 5.25 Å². The number of hydrogen-bond donors (Lipinski definition) is 1. The average Bonchev–Trinajstić information content (AvgIpc) is 2.38. The van der Waals surface area contributed by atoms with Crippen LogP contribution in [0.3, 0.4) is 0 Å². The number of rotatable bonds is 3. The average molecular weight is 317 g/mol. The number of hydrogen-bond acceptors (Lipinski definition) is 4. The molecule has 0 radical (unpaired) electrons. The number of halogens is 1. The van der Waals surface area contributed by atoms with E-state index in [2.05, 4.69) is 10.3 Å². The first-order chi connectivity index (χ1) is 9.36. The van der Waals surface area contributed by atoms with Crippen molar-refractivity contribution in [2.45, 2.75) is 37.0 Å². The maximum atomic E-state index is 12.1. The highest BCUT2D eigenvalue weighted by Gasteiger charge is 2.29. The molecule has 1 amide bonds. The van der Waals surface area contributed by atoms with Crippen LogP contribution in [-0.2, 0) is 9.84 Å². The first-order valence-electron chi connectivity index (χ1n) is 6.47. The molecule has 0 spiro atoms. The molecule has 1 N–H and O–H groups in total. The summed E-state index contributed by atoms with van der Waals surface area (Å²) in [5.41, 5.74) is 0.437. The zero-order valence-corrected chi connectivity index (χ0v) is 12.7. The lowest BCUT2D eigenvalue weighted by atomic mass is 9.94. The molecule has 7 heteroatoms. The summed E-state index contributed by atoms with van der Waals surface area (Å²) in [5, 5.41) is 2.78. The number of pyridine rings is 1. The van der Waals surface area contributed by atoms with Crippen molar-refractivity contribution in [2.24, 2.45) is 0 Å². The molecule has 1 aliphatic carbocycles. The molecule has 2 unspecified atom stereocenters. The van der Waals surface area contributed by atoms with Crippen LogP contribution >= 0.6 is 11.6 Å². The molecule has 0 aliphatic heterocycles. The quantitative estimate of drug-likeness (QED) is 0.863. The second kappa shape index (κ2) is 6.10. The number of carbonyl (C=O) groups is 1. The second-order valence-electron chi connectivity index (χ2n) is 5.16. The highest BCUT2D eigenvalue weighted by atomic mass is 35.5. The Morgan fingerprint density at radius 2 is 2.20 bits per heavy atom. The Morgan fingerprint density at radius 3 is 2.85 bits per heavy atom. The molecule has 2 atom stereocenters. The zero-order chi connectivity index (χ0) is 14.8. The molecule has 1 heterocycles. The normalized spacial score (nSPS) is 23.3. The van der Waals surface area contributed by atoms with Gasteiger partial charge in [0.15, 0.2) is 0 Å². The second-order valence-corrected chi connectivity index (χ2v) is 7.87. The van der Waals surface area contributed by atoms with E-state index in [0.29, 0.717) is 18.4 Å². The molecular formula is C13H17ClN2O3S. The summed E-state index contributed by atoms with van der Waals surface area (Å²) in [7, 11) is -3.05. The van der Waals surface area contributed by atoms with Crippen molar-refractivity contribution in [1.82, 2.24) is 10.3 Å². The number of aromatic nitrogens is 1. The summed E-state index contributed by atoms with van der Waals surface area (Å²) in [5.74, 6) is -0.242. The van der Waals surface area contributed by atoms with Gasteiger partial charge in [0, 0.05) is 24.1 Å². The van der Waals surface area contributed by atoms with Crippen LogP contribution in [0.2, 0.25) is 5.15 Å². The van der Waals surface area contributed by atoms with Gasteiger partial charge in [-0.05, 0) is 31.4 Å². The Bertz CT molecular complexity index is 603. The Morgan fingerprint density at radius 1 is 1.45 bits per heavy atom. The van der Waals surface area contributed by atoms with Crippen LogP contribution in [-0.4, -0.2) is 36.9 Å². The lowest BCUT2D eigenvalue weighted by Gasteiger charge is -2.28. The first-order valence-corrected chi connectivity index (χ1v) is 8.81. The van der Waals surface area contributed by atoms with Crippen molar-refractivity contribution >= 4 is 27.3 Å². The monoisotopic (exact) mass is 316 g/mol. The number of nitrogens with zero attached hydrogens (tertiary/aromatic N) is 1. The molecule has 1 aliphatic rings. The summed E-state index contributed by atoms with van der Waals surface area (Å²) in [6, 6.07) is 2.97. The van der Waals surface area contributed by atoms with E-state index in [9.17, 15) is 13.2 Å². The number of sulfone groups is 1. The van der Waals surface area contributed by atoms with Gasteiger partial charge in [-0.15, -0.1) is 0 Å². The Labute approximate surface area is 123 Å². The molecule has 5 nitrogen and oxygen atoms in total. The molecule has 1 saturated carbocycles. The Balaban J connectivity index is 2.01. The van der Waals surface area contributed by atoms with Crippen molar-refractivity contribution in [2.75, 3.05) is 6.26 Å². The van der Waals surface area contributed by atoms with Crippen molar-refractivity contribution in [3.63, 3.8) is 0 Å². The SMILES string of the molecule is CS(=O)(=O)C1CCCC(NC(=O)c2ccnc(Cl)c2)C1. The molecule has 0 bridgehead atoms. The number of nitrogens with one attached hydrogen (secondary N) is 1. The molecule has 1 aromatic rings. The lowest BCUT2D eigenvalue weighted by Crippen LogP contribution is -2.41. The molecule has 1 aromatic heterocycles. The predicted octanol–water partition coefficient (Wildman–Crippen LogP) is 1.82. The van der Waals surface area contributed by atoms with Gasteiger partial charge in [-0.2, -0.15) is 0 Å². The summed E-state index contributed by atoms with van der Waals surface area (Å²) >= 11 is 5.74. The Hall–Kier alpha value is -1.14. The maximum absolute atomic E-state index is 12.1. The molecular weight excluding hydrogens is 300 g/mol. The standard InChI is InChI=1S/C13H17ClN2O3S/c1-20(18,19)11-4-2-3-10(8-11)16-13(17)9-5-6-15-12(14)7-9/h5-7,10-11H,2-4,8H2,1H3,(H,16,17). The van der Waals surface area contributed by atoms with Crippen molar-refractivity contribution < 1.29 is 13.2 Å². The number of carbonyl (C=O) groups excluding carboxylic acids is 1. The van der Waals surface area contributed by atoms with Crippen LogP contribution < -0.4 is 5.32 Å². The van der Waals surface area contributed by atoms with Crippen LogP contribution in [0.25, 0.3) is 0 Å². The molecule has 110 valence electrons. The summed E-state index contributed by atoms with van der Waals surface area (Å²) in [6.45, 7) is 0. The van der Waals surface area contributed by atoms with E-state index in [-0.39, 0.29) is 22.4 Å². The van der Waals surface area contributed by atoms with Gasteiger partial charge in [0.1, 0.15) is 15.0 Å². The van der Waals surface area contributed by atoms with Gasteiger partial charge in [-0.1, -0.05) is 18.0 Å². The molecule has 2 rings (SSSR count). The smallest absolute Gasteiger partial charge is 0.251 e. The first kappa shape index (κ1) is 15.3. The van der Waals surface area contributed by atoms with Gasteiger partial charge in [-0.25, -0.2) is 13.4 Å². The highest BCUT2D eigenvalue weighted by molar-refractivity contribution is 7.91. The molecule has 0 saturated heterocycles. The van der Waals surface area contributed by atoms with Crippen molar-refractivity contribution in [3.8, 4) is 0 Å². The Kier molecular flexibility index (Phi) is 4.65. The fourth-order valence-electron chi connectivity index (χ4n) is 2.48. The summed E-state index contributed by atoms with van der Waals surface area (Å²) in [6.07, 6.45) is 5.48. The minimum Gasteiger partial charge on any atom is -0.349 e. The molecule has 0 aromatic carbocycles. The van der Waals surface area contributed by atoms with E-state index in [1.165, 1.54) is 18.5 Å². The van der Waals surface area contributed by atoms with Crippen molar-refractivity contribution in [3.05, 3.63) is 29.0 Å². The largest absolute Gasteiger partial charge is 0.349 e. The van der Waals surface area contributed by atoms with Gasteiger partial charge < -0.3 is 5.32 Å². The van der Waals surface area contributed by atoms with E-state index in [1.807, 2.05) is 0 Å². The van der Waals surface area contributed by atoms with Gasteiger partial charge in [0.25, 0.3) is 5.91 Å². The van der Waals surface area contributed by atoms with Crippen LogP contribution in [0.15, 0.2) is 18.3 Å². The molecule has 1 fully saturated rings. The van der Waals surface area contributed by atoms with E-state index in [1.54, 1.807) is 6.07 Å². The van der Waals surface area contributed by atoms with E-state index < -0.39 is 9.84 Å². The van der Waals surface area contributed by atoms with Gasteiger partial charge >= 0.3 is 0 Å². The van der Waals surface area contributed by atoms with Crippen LogP contribution in [0.1, 0.15) is 36.0 Å². The lowest BCUT2D eigenvalue weighted by molar-refractivity contribution is 0.0928. The fourth-order valence-corrected chi connectivity index (χ4v) is 3.83. The van der Waals surface area contributed by atoms with Gasteiger partial charge in [0.2, 0.25) is 0 Å². The van der Waals surface area contributed by atoms with Crippen molar-refractivity contribution in [1.29, 1.82) is 0 Å². The molecule has 20 heavy (non-hydrogen) atoms. The van der Waals surface area contributed by atoms with Crippen LogP contribution in [0.5, 0.6) is 0 Å². The van der Waals surface area contributed by atoms with E-state index >= 15 is 0 Å². The topological polar surface area (TPSA) is 76.1 Å². The summed E-state index contributed by atoms with van der Waals surface area (Å²) in [4.78, 5) is 15.9. The van der Waals surface area contributed by atoms with Crippen LogP contribution in [0, 0.1) is 0 Å². The van der Waals surface area contributed by atoms with E-state index in [4.69, 9.17) is 11.6 Å². The maximum Gasteiger partial charge on any atom is 0.251 e. The third-order valence-corrected chi connectivity index (χ3v) is 5.40. The van der Waals surface area contributed by atoms with Gasteiger partial charge in [-0.3, -0.25) is 4.79 Å². The highest BCUT2D eigenvalue weighted by Crippen LogP contribution is 2.24. The predicted molar refractivity (Wildman–Crippen MR) is 77.6 cm³/mol. The third kappa shape index (κ3) is 3.93. The third-order valence-electron chi connectivity index (χ3n) is 3.56. The number of amides is 1. The van der Waals surface area contributed by atoms with E-state index in [0.717, 1.165) is 12.8 Å². The van der Waals surface area contributed by atoms with Crippen LogP contribution in [0.4, 0.5) is 0 Å². The minimum atomic E-state index is -3.05. The minimum absolute atomic E-state index is 0.108.